The van der Waals surface area contributed by atoms with E-state index in [4.69, 9.17) is 22.3 Å². The van der Waals surface area contributed by atoms with Crippen molar-refractivity contribution in [2.45, 2.75) is 45.1 Å². The maximum atomic E-state index is 6.28. The zero-order valence-electron chi connectivity index (χ0n) is 13.4. The van der Waals surface area contributed by atoms with E-state index in [-0.39, 0.29) is 0 Å². The van der Waals surface area contributed by atoms with Crippen LogP contribution < -0.4 is 11.5 Å². The summed E-state index contributed by atoms with van der Waals surface area (Å²) < 4.78 is 2.08. The van der Waals surface area contributed by atoms with Gasteiger partial charge in [0, 0.05) is 29.7 Å². The smallest absolute Gasteiger partial charge is 0.0949 e. The summed E-state index contributed by atoms with van der Waals surface area (Å²) >= 11 is 0. The maximum absolute atomic E-state index is 6.28. The fourth-order valence-corrected chi connectivity index (χ4v) is 3.37. The van der Waals surface area contributed by atoms with Crippen molar-refractivity contribution >= 4 is 11.4 Å². The van der Waals surface area contributed by atoms with Crippen LogP contribution in [0.4, 0.5) is 11.4 Å². The summed E-state index contributed by atoms with van der Waals surface area (Å²) in [6.45, 7) is 0.812. The number of hydrogen-bond donors (Lipinski definition) is 2. The number of nitrogen functional groups attached to an aromatic ring is 2. The van der Waals surface area contributed by atoms with Crippen LogP contribution in [0.25, 0.3) is 0 Å². The molecule has 0 spiro atoms. The molecule has 1 aliphatic carbocycles. The number of imidazole rings is 1. The largest absolute Gasteiger partial charge is 0.397 e. The van der Waals surface area contributed by atoms with Crippen molar-refractivity contribution in [3.05, 3.63) is 42.0 Å². The van der Waals surface area contributed by atoms with Gasteiger partial charge in [0.2, 0.25) is 0 Å². The van der Waals surface area contributed by atoms with Gasteiger partial charge in [0.15, 0.2) is 0 Å². The summed E-state index contributed by atoms with van der Waals surface area (Å²) in [6.07, 6.45) is 13.4. The molecule has 0 amide bonds. The monoisotopic (exact) mass is 312 g/mol. The van der Waals surface area contributed by atoms with Crippen LogP contribution in [0.1, 0.15) is 43.2 Å². The van der Waals surface area contributed by atoms with Crippen molar-refractivity contribution in [2.75, 3.05) is 11.5 Å². The molecule has 122 valence electrons. The Morgan fingerprint density at radius 2 is 1.87 bits per heavy atom. The predicted octanol–water partition coefficient (Wildman–Crippen LogP) is 3.25. The molecule has 0 aliphatic heterocycles. The first-order chi connectivity index (χ1) is 11.2. The van der Waals surface area contributed by atoms with Crippen molar-refractivity contribution in [3.63, 3.8) is 0 Å². The van der Waals surface area contributed by atoms with Crippen LogP contribution in [0.2, 0.25) is 0 Å². The van der Waals surface area contributed by atoms with E-state index in [1.165, 1.54) is 43.2 Å². The van der Waals surface area contributed by atoms with Gasteiger partial charge in [0.05, 0.1) is 17.7 Å². The second-order valence-corrected chi connectivity index (χ2v) is 6.15. The molecule has 1 fully saturated rings. The van der Waals surface area contributed by atoms with Gasteiger partial charge in [-0.15, -0.1) is 0 Å². The van der Waals surface area contributed by atoms with Crippen LogP contribution in [0, 0.1) is 16.7 Å². The number of benzene rings is 1. The topological polar surface area (TPSA) is 117 Å². The number of nitrogens with zero attached hydrogens (tertiary/aromatic N) is 4. The molecule has 1 heterocycles. The van der Waals surface area contributed by atoms with Crippen LogP contribution in [0.5, 0.6) is 0 Å². The lowest BCUT2D eigenvalue weighted by atomic mass is 9.83. The highest BCUT2D eigenvalue weighted by Crippen LogP contribution is 2.32. The molecule has 0 unspecified atom stereocenters. The van der Waals surface area contributed by atoms with Gasteiger partial charge >= 0.3 is 0 Å². The van der Waals surface area contributed by atoms with Crippen LogP contribution in [0.15, 0.2) is 30.9 Å². The van der Waals surface area contributed by atoms with Crippen molar-refractivity contribution in [3.8, 4) is 0 Å². The summed E-state index contributed by atoms with van der Waals surface area (Å²) in [6, 6.07) is 4.04. The number of rotatable bonds is 4. The van der Waals surface area contributed by atoms with Gasteiger partial charge in [-0.1, -0.05) is 38.2 Å². The van der Waals surface area contributed by atoms with Gasteiger partial charge in [0.25, 0.3) is 0 Å². The van der Waals surface area contributed by atoms with Gasteiger partial charge in [-0.25, -0.2) is 4.98 Å². The predicted molar refractivity (Wildman–Crippen MR) is 90.3 cm³/mol. The quantitative estimate of drug-likeness (QED) is 0.663. The first-order valence-corrected chi connectivity index (χ1v) is 8.05. The highest BCUT2D eigenvalue weighted by Gasteiger charge is 2.18. The summed E-state index contributed by atoms with van der Waals surface area (Å²) in [4.78, 5) is 4.11. The van der Waals surface area contributed by atoms with E-state index in [1.807, 2.05) is 24.8 Å². The van der Waals surface area contributed by atoms with E-state index >= 15 is 0 Å². The Morgan fingerprint density at radius 1 is 1.13 bits per heavy atom. The lowest BCUT2D eigenvalue weighted by Crippen LogP contribution is -2.14. The summed E-state index contributed by atoms with van der Waals surface area (Å²) in [5.74, 6) is 0.754. The molecule has 1 aliphatic rings. The highest BCUT2D eigenvalue weighted by atomic mass is 15.0. The number of aromatic nitrogens is 2. The fraction of sp³-hybridized carbons (Fsp3) is 0.471. The minimum atomic E-state index is 0.704. The SMILES string of the molecule is N#N.Nc1ccc(Cn2ccnc2)c(CC2CCCCC2)c1N. The average molecular weight is 312 g/mol. The van der Waals surface area contributed by atoms with E-state index in [1.54, 1.807) is 0 Å². The molecule has 6 nitrogen and oxygen atoms in total. The highest BCUT2D eigenvalue weighted by molar-refractivity contribution is 5.69. The standard InChI is InChI=1S/C17H24N4.N2/c18-16-7-6-14(11-21-9-8-20-12-21)15(17(16)19)10-13-4-2-1-3-5-13;1-2/h6-9,12-13H,1-5,10-11,18-19H2;. The lowest BCUT2D eigenvalue weighted by molar-refractivity contribution is 0.356. The zero-order valence-corrected chi connectivity index (χ0v) is 13.4. The Hall–Kier alpha value is -2.55. The van der Waals surface area contributed by atoms with E-state index in [9.17, 15) is 0 Å². The summed E-state index contributed by atoms with van der Waals surface area (Å²) in [7, 11) is 0. The Morgan fingerprint density at radius 3 is 2.52 bits per heavy atom. The Kier molecular flexibility index (Phi) is 5.98. The molecule has 4 N–H and O–H groups in total. The van der Waals surface area contributed by atoms with Crippen molar-refractivity contribution < 1.29 is 0 Å². The van der Waals surface area contributed by atoms with Gasteiger partial charge in [-0.2, -0.15) is 0 Å². The second-order valence-electron chi connectivity index (χ2n) is 6.15. The van der Waals surface area contributed by atoms with Gasteiger partial charge in [-0.05, 0) is 29.5 Å². The molecule has 1 aromatic heterocycles. The molecular formula is C17H24N6. The molecule has 1 saturated carbocycles. The fourth-order valence-electron chi connectivity index (χ4n) is 3.37. The minimum Gasteiger partial charge on any atom is -0.397 e. The normalized spacial score (nSPS) is 14.9. The average Bonchev–Trinajstić information content (AvgIpc) is 3.10. The van der Waals surface area contributed by atoms with E-state index in [0.29, 0.717) is 5.69 Å². The van der Waals surface area contributed by atoms with Crippen molar-refractivity contribution in [1.82, 2.24) is 9.55 Å². The molecule has 0 radical (unpaired) electrons. The first-order valence-electron chi connectivity index (χ1n) is 8.05. The third-order valence-corrected chi connectivity index (χ3v) is 4.62. The summed E-state index contributed by atoms with van der Waals surface area (Å²) in [5.41, 5.74) is 16.3. The molecule has 6 heteroatoms. The first kappa shape index (κ1) is 16.8. The maximum Gasteiger partial charge on any atom is 0.0949 e. The van der Waals surface area contributed by atoms with E-state index in [2.05, 4.69) is 15.6 Å². The van der Waals surface area contributed by atoms with Crippen LogP contribution in [-0.2, 0) is 13.0 Å². The molecule has 1 aromatic carbocycles. The van der Waals surface area contributed by atoms with Crippen molar-refractivity contribution in [2.24, 2.45) is 5.92 Å². The van der Waals surface area contributed by atoms with Gasteiger partial charge < -0.3 is 16.0 Å². The van der Waals surface area contributed by atoms with Gasteiger partial charge in [0.1, 0.15) is 0 Å². The summed E-state index contributed by atoms with van der Waals surface area (Å²) in [5, 5.41) is 12.0. The third kappa shape index (κ3) is 4.22. The Bertz CT molecular complexity index is 626. The molecule has 3 rings (SSSR count). The molecule has 23 heavy (non-hydrogen) atoms. The minimum absolute atomic E-state index is 0.704. The number of nitrogens with two attached hydrogens (primary N) is 2. The third-order valence-electron chi connectivity index (χ3n) is 4.62. The molecule has 0 saturated heterocycles. The zero-order chi connectivity index (χ0) is 16.7. The number of hydrogen-bond acceptors (Lipinski definition) is 5. The molecule has 2 aromatic rings. The van der Waals surface area contributed by atoms with Gasteiger partial charge in [-0.3, -0.25) is 0 Å². The van der Waals surface area contributed by atoms with E-state index < -0.39 is 0 Å². The molecular weight excluding hydrogens is 288 g/mol. The molecule has 0 atom stereocenters. The molecule has 0 bridgehead atoms. The Balaban J connectivity index is 0.000000924. The van der Waals surface area contributed by atoms with E-state index in [0.717, 1.165) is 24.6 Å². The van der Waals surface area contributed by atoms with Crippen LogP contribution in [-0.4, -0.2) is 9.55 Å². The van der Waals surface area contributed by atoms with Crippen molar-refractivity contribution in [1.29, 1.82) is 10.8 Å². The van der Waals surface area contributed by atoms with Crippen LogP contribution >= 0.6 is 0 Å². The lowest BCUT2D eigenvalue weighted by Gasteiger charge is -2.24. The van der Waals surface area contributed by atoms with Crippen LogP contribution in [0.3, 0.4) is 0 Å². The number of anilines is 2. The second kappa shape index (κ2) is 8.18. The Labute approximate surface area is 136 Å².